The largest absolute Gasteiger partial charge is 0.478 e. The van der Waals surface area contributed by atoms with E-state index in [1.165, 1.54) is 6.92 Å². The molecule has 0 amide bonds. The van der Waals surface area contributed by atoms with Crippen LogP contribution in [-0.2, 0) is 0 Å². The van der Waals surface area contributed by atoms with Crippen LogP contribution in [0.4, 0.5) is 0 Å². The molecular weight excluding hydrogens is 180 g/mol. The molecule has 0 aliphatic rings. The second-order valence-corrected chi connectivity index (χ2v) is 3.31. The third kappa shape index (κ3) is 1.66. The topological polar surface area (TPSA) is 54.4 Å². The summed E-state index contributed by atoms with van der Waals surface area (Å²) in [6.45, 7) is 4.81. The fourth-order valence-corrected chi connectivity index (χ4v) is 1.54. The molecule has 1 rings (SSSR count). The second kappa shape index (κ2) is 3.62. The molecule has 0 aliphatic carbocycles. The smallest absolute Gasteiger partial charge is 0.336 e. The summed E-state index contributed by atoms with van der Waals surface area (Å²) < 4.78 is 0. The molecule has 1 aromatic rings. The van der Waals surface area contributed by atoms with Gasteiger partial charge in [0.1, 0.15) is 0 Å². The SMILES string of the molecule is CC(=O)c1c(C)ccc(C)c1C(=O)O. The van der Waals surface area contributed by atoms with Crippen LogP contribution < -0.4 is 0 Å². The highest BCUT2D eigenvalue weighted by Crippen LogP contribution is 2.19. The van der Waals surface area contributed by atoms with Gasteiger partial charge in [-0.3, -0.25) is 4.79 Å². The van der Waals surface area contributed by atoms with Crippen molar-refractivity contribution in [3.05, 3.63) is 34.4 Å². The van der Waals surface area contributed by atoms with Crippen molar-refractivity contribution in [3.63, 3.8) is 0 Å². The Bertz CT molecular complexity index is 366. The van der Waals surface area contributed by atoms with Crippen LogP contribution in [0.15, 0.2) is 12.1 Å². The quantitative estimate of drug-likeness (QED) is 0.731. The molecule has 0 saturated heterocycles. The van der Waals surface area contributed by atoms with Crippen LogP contribution in [0.3, 0.4) is 0 Å². The summed E-state index contributed by atoms with van der Waals surface area (Å²) in [5.41, 5.74) is 1.77. The Kier molecular flexibility index (Phi) is 2.70. The molecule has 0 fully saturated rings. The van der Waals surface area contributed by atoms with Crippen molar-refractivity contribution in [2.45, 2.75) is 20.8 Å². The lowest BCUT2D eigenvalue weighted by Gasteiger charge is -2.08. The van der Waals surface area contributed by atoms with Gasteiger partial charge in [-0.1, -0.05) is 12.1 Å². The fraction of sp³-hybridized carbons (Fsp3) is 0.273. The summed E-state index contributed by atoms with van der Waals surface area (Å²) in [6, 6.07) is 3.48. The molecule has 3 nitrogen and oxygen atoms in total. The van der Waals surface area contributed by atoms with E-state index in [4.69, 9.17) is 5.11 Å². The number of aromatic carboxylic acids is 1. The number of carboxylic acids is 1. The average Bonchev–Trinajstić information content (AvgIpc) is 2.07. The Morgan fingerprint density at radius 1 is 1.07 bits per heavy atom. The van der Waals surface area contributed by atoms with Gasteiger partial charge in [-0.2, -0.15) is 0 Å². The molecule has 0 saturated carbocycles. The monoisotopic (exact) mass is 192 g/mol. The number of ketones is 1. The van der Waals surface area contributed by atoms with E-state index in [-0.39, 0.29) is 11.3 Å². The molecular formula is C11H12O3. The van der Waals surface area contributed by atoms with Gasteiger partial charge in [0.05, 0.1) is 5.56 Å². The summed E-state index contributed by atoms with van der Waals surface area (Å²) in [6.07, 6.45) is 0. The molecule has 0 atom stereocenters. The van der Waals surface area contributed by atoms with Crippen molar-refractivity contribution < 1.29 is 14.7 Å². The van der Waals surface area contributed by atoms with Gasteiger partial charge >= 0.3 is 5.97 Å². The minimum absolute atomic E-state index is 0.123. The maximum absolute atomic E-state index is 11.3. The number of carbonyl (C=O) groups excluding carboxylic acids is 1. The zero-order valence-corrected chi connectivity index (χ0v) is 8.42. The molecule has 0 aromatic heterocycles. The first kappa shape index (κ1) is 10.4. The molecule has 0 unspecified atom stereocenters. The normalized spacial score (nSPS) is 9.93. The average molecular weight is 192 g/mol. The Morgan fingerprint density at radius 3 is 1.79 bits per heavy atom. The predicted molar refractivity (Wildman–Crippen MR) is 52.9 cm³/mol. The predicted octanol–water partition coefficient (Wildman–Crippen LogP) is 2.20. The fourth-order valence-electron chi connectivity index (χ4n) is 1.54. The zero-order chi connectivity index (χ0) is 10.9. The van der Waals surface area contributed by atoms with Crippen LogP contribution in [0, 0.1) is 13.8 Å². The van der Waals surface area contributed by atoms with Crippen LogP contribution in [0.25, 0.3) is 0 Å². The van der Waals surface area contributed by atoms with E-state index in [9.17, 15) is 9.59 Å². The van der Waals surface area contributed by atoms with Gasteiger partial charge in [0, 0.05) is 5.56 Å². The van der Waals surface area contributed by atoms with Crippen LogP contribution in [0.2, 0.25) is 0 Å². The number of hydrogen-bond donors (Lipinski definition) is 1. The molecule has 0 aliphatic heterocycles. The Hall–Kier alpha value is -1.64. The molecule has 0 spiro atoms. The van der Waals surface area contributed by atoms with Crippen molar-refractivity contribution >= 4 is 11.8 Å². The number of carboxylic acid groups (broad SMARTS) is 1. The lowest BCUT2D eigenvalue weighted by atomic mass is 9.95. The third-order valence-electron chi connectivity index (χ3n) is 2.19. The molecule has 1 N–H and O–H groups in total. The highest BCUT2D eigenvalue weighted by Gasteiger charge is 2.17. The van der Waals surface area contributed by atoms with Gasteiger partial charge in [-0.25, -0.2) is 4.79 Å². The van der Waals surface area contributed by atoms with Gasteiger partial charge in [-0.05, 0) is 31.9 Å². The molecule has 0 heterocycles. The third-order valence-corrected chi connectivity index (χ3v) is 2.19. The number of Topliss-reactive ketones (excluding diaryl/α,β-unsaturated/α-hetero) is 1. The summed E-state index contributed by atoms with van der Waals surface area (Å²) >= 11 is 0. The highest BCUT2D eigenvalue weighted by atomic mass is 16.4. The minimum atomic E-state index is -1.04. The van der Waals surface area contributed by atoms with E-state index >= 15 is 0 Å². The second-order valence-electron chi connectivity index (χ2n) is 3.31. The van der Waals surface area contributed by atoms with E-state index in [0.29, 0.717) is 16.7 Å². The minimum Gasteiger partial charge on any atom is -0.478 e. The highest BCUT2D eigenvalue weighted by molar-refractivity contribution is 6.06. The van der Waals surface area contributed by atoms with Crippen LogP contribution in [-0.4, -0.2) is 16.9 Å². The summed E-state index contributed by atoms with van der Waals surface area (Å²) in [5.74, 6) is -1.25. The maximum atomic E-state index is 11.3. The zero-order valence-electron chi connectivity index (χ0n) is 8.42. The van der Waals surface area contributed by atoms with Gasteiger partial charge in [0.15, 0.2) is 5.78 Å². The van der Waals surface area contributed by atoms with Crippen LogP contribution in [0.1, 0.15) is 38.8 Å². The Balaban J connectivity index is 3.58. The molecule has 0 bridgehead atoms. The van der Waals surface area contributed by atoms with E-state index in [1.54, 1.807) is 26.0 Å². The van der Waals surface area contributed by atoms with Crippen molar-refractivity contribution in [1.29, 1.82) is 0 Å². The summed E-state index contributed by atoms with van der Waals surface area (Å²) in [4.78, 5) is 22.2. The van der Waals surface area contributed by atoms with Gasteiger partial charge in [0.25, 0.3) is 0 Å². The first-order valence-corrected chi connectivity index (χ1v) is 4.29. The lowest BCUT2D eigenvalue weighted by molar-refractivity contribution is 0.0691. The summed E-state index contributed by atoms with van der Waals surface area (Å²) in [5, 5.41) is 8.97. The van der Waals surface area contributed by atoms with E-state index in [1.807, 2.05) is 0 Å². The number of rotatable bonds is 2. The van der Waals surface area contributed by atoms with Gasteiger partial charge < -0.3 is 5.11 Å². The van der Waals surface area contributed by atoms with Gasteiger partial charge in [-0.15, -0.1) is 0 Å². The molecule has 74 valence electrons. The molecule has 1 aromatic carbocycles. The van der Waals surface area contributed by atoms with Crippen molar-refractivity contribution in [2.24, 2.45) is 0 Å². The number of benzene rings is 1. The van der Waals surface area contributed by atoms with E-state index in [0.717, 1.165) is 0 Å². The van der Waals surface area contributed by atoms with Crippen molar-refractivity contribution in [1.82, 2.24) is 0 Å². The number of carbonyl (C=O) groups is 2. The first-order valence-electron chi connectivity index (χ1n) is 4.29. The van der Waals surface area contributed by atoms with E-state index in [2.05, 4.69) is 0 Å². The lowest BCUT2D eigenvalue weighted by Crippen LogP contribution is -2.10. The maximum Gasteiger partial charge on any atom is 0.336 e. The van der Waals surface area contributed by atoms with Crippen LogP contribution >= 0.6 is 0 Å². The molecule has 0 radical (unpaired) electrons. The number of hydrogen-bond acceptors (Lipinski definition) is 2. The Labute approximate surface area is 82.4 Å². The standard InChI is InChI=1S/C11H12O3/c1-6-4-5-7(2)10(11(13)14)9(6)8(3)12/h4-5H,1-3H3,(H,13,14). The first-order chi connectivity index (χ1) is 6.45. The number of aryl methyl sites for hydroxylation is 2. The van der Waals surface area contributed by atoms with Crippen molar-refractivity contribution in [3.8, 4) is 0 Å². The summed E-state index contributed by atoms with van der Waals surface area (Å²) in [7, 11) is 0. The van der Waals surface area contributed by atoms with Gasteiger partial charge in [0.2, 0.25) is 0 Å². The Morgan fingerprint density at radius 2 is 1.50 bits per heavy atom. The molecule has 14 heavy (non-hydrogen) atoms. The van der Waals surface area contributed by atoms with Crippen molar-refractivity contribution in [2.75, 3.05) is 0 Å². The van der Waals surface area contributed by atoms with Crippen LogP contribution in [0.5, 0.6) is 0 Å². The molecule has 3 heteroatoms. The van der Waals surface area contributed by atoms with E-state index < -0.39 is 5.97 Å².